The van der Waals surface area contributed by atoms with Crippen molar-refractivity contribution in [2.24, 2.45) is 0 Å². The third-order valence-corrected chi connectivity index (χ3v) is 7.05. The number of carbonyl (C=O) groups excluding carboxylic acids is 1. The number of nitrogens with one attached hydrogen (secondary N) is 1. The summed E-state index contributed by atoms with van der Waals surface area (Å²) in [4.78, 5) is 19.2. The number of halogens is 1. The maximum absolute atomic E-state index is 15.0. The smallest absolute Gasteiger partial charge is 0.271 e. The summed E-state index contributed by atoms with van der Waals surface area (Å²) >= 11 is 0.996. The lowest BCUT2D eigenvalue weighted by Crippen LogP contribution is -2.42. The lowest BCUT2D eigenvalue weighted by atomic mass is 10.0. The Balaban J connectivity index is 1.29. The van der Waals surface area contributed by atoms with Crippen LogP contribution in [0.3, 0.4) is 0 Å². The Labute approximate surface area is 196 Å². The SMILES string of the molecule is O=C(NN(O)SN1CCC1)c1cc(C2CC2)c(OC2CCCN(c3ccccn3)C2)cc1F. The number of amides is 1. The molecule has 10 heteroatoms. The van der Waals surface area contributed by atoms with Crippen LogP contribution >= 0.6 is 12.1 Å². The molecule has 1 aromatic carbocycles. The van der Waals surface area contributed by atoms with Gasteiger partial charge in [0.05, 0.1) is 24.2 Å². The van der Waals surface area contributed by atoms with E-state index in [1.807, 2.05) is 22.5 Å². The standard InChI is InChI=1S/C23H28FN5O3S/c24-20-14-21(32-17-5-3-10-27(15-17)22-6-1-2-9-25-22)18(16-7-8-16)13-19(20)23(30)26-29(31)33-28-11-4-12-28/h1-2,6,9,13-14,16-17,31H,3-5,7-8,10-12,15H2,(H,26,30). The van der Waals surface area contributed by atoms with E-state index in [1.165, 1.54) is 6.07 Å². The second-order valence-corrected chi connectivity index (χ2v) is 9.76. The fourth-order valence-electron chi connectivity index (χ4n) is 4.17. The van der Waals surface area contributed by atoms with E-state index in [0.717, 1.165) is 75.3 Å². The lowest BCUT2D eigenvalue weighted by Gasteiger charge is -2.34. The van der Waals surface area contributed by atoms with Crippen LogP contribution in [-0.2, 0) is 0 Å². The number of rotatable bonds is 8. The van der Waals surface area contributed by atoms with Crippen molar-refractivity contribution < 1.29 is 19.1 Å². The van der Waals surface area contributed by atoms with Crippen LogP contribution in [0, 0.1) is 5.82 Å². The molecular formula is C23H28FN5O3S. The maximum Gasteiger partial charge on any atom is 0.271 e. The Morgan fingerprint density at radius 3 is 2.76 bits per heavy atom. The summed E-state index contributed by atoms with van der Waals surface area (Å²) in [5, 5.41) is 9.95. The molecule has 0 radical (unpaired) electrons. The number of anilines is 1. The fourth-order valence-corrected chi connectivity index (χ4v) is 4.93. The average Bonchev–Trinajstić information content (AvgIpc) is 3.62. The second kappa shape index (κ2) is 9.84. The molecule has 2 N–H and O–H groups in total. The fraction of sp³-hybridized carbons (Fsp3) is 0.478. The number of piperidine rings is 1. The van der Waals surface area contributed by atoms with E-state index in [4.69, 9.17) is 4.74 Å². The molecule has 2 aliphatic heterocycles. The van der Waals surface area contributed by atoms with Crippen molar-refractivity contribution in [3.05, 3.63) is 53.5 Å². The first-order valence-electron chi connectivity index (χ1n) is 11.5. The van der Waals surface area contributed by atoms with E-state index in [-0.39, 0.29) is 17.6 Å². The predicted octanol–water partition coefficient (Wildman–Crippen LogP) is 3.75. The quantitative estimate of drug-likeness (QED) is 0.443. The van der Waals surface area contributed by atoms with Gasteiger partial charge in [0.15, 0.2) is 0 Å². The molecule has 33 heavy (non-hydrogen) atoms. The van der Waals surface area contributed by atoms with Gasteiger partial charge in [-0.15, -0.1) is 0 Å². The zero-order valence-corrected chi connectivity index (χ0v) is 19.1. The molecule has 1 amide bonds. The molecule has 1 atom stereocenters. The van der Waals surface area contributed by atoms with Gasteiger partial charge in [0.25, 0.3) is 5.91 Å². The first-order valence-corrected chi connectivity index (χ1v) is 12.2. The van der Waals surface area contributed by atoms with Gasteiger partial charge < -0.3 is 9.64 Å². The number of aromatic nitrogens is 1. The van der Waals surface area contributed by atoms with Gasteiger partial charge in [-0.1, -0.05) is 6.07 Å². The molecule has 0 spiro atoms. The summed E-state index contributed by atoms with van der Waals surface area (Å²) in [6.07, 6.45) is 6.57. The van der Waals surface area contributed by atoms with Gasteiger partial charge >= 0.3 is 0 Å². The number of hydrogen-bond donors (Lipinski definition) is 2. The number of hydrazine groups is 1. The van der Waals surface area contributed by atoms with E-state index in [0.29, 0.717) is 16.9 Å². The topological polar surface area (TPSA) is 81.2 Å². The van der Waals surface area contributed by atoms with E-state index >= 15 is 0 Å². The van der Waals surface area contributed by atoms with Crippen LogP contribution in [0.5, 0.6) is 5.75 Å². The maximum atomic E-state index is 15.0. The lowest BCUT2D eigenvalue weighted by molar-refractivity contribution is -0.0297. The largest absolute Gasteiger partial charge is 0.488 e. The molecule has 1 aliphatic carbocycles. The molecule has 2 saturated heterocycles. The van der Waals surface area contributed by atoms with Gasteiger partial charge in [-0.2, -0.15) is 0 Å². The van der Waals surface area contributed by atoms with Gasteiger partial charge in [0, 0.05) is 31.9 Å². The van der Waals surface area contributed by atoms with Gasteiger partial charge in [0.1, 0.15) is 23.5 Å². The Kier molecular flexibility index (Phi) is 6.68. The zero-order chi connectivity index (χ0) is 22.8. The summed E-state index contributed by atoms with van der Waals surface area (Å²) in [5.74, 6) is 0.344. The van der Waals surface area contributed by atoms with Gasteiger partial charge in [-0.05, 0) is 66.4 Å². The zero-order valence-electron chi connectivity index (χ0n) is 18.3. The number of pyridine rings is 1. The molecular weight excluding hydrogens is 445 g/mol. The summed E-state index contributed by atoms with van der Waals surface area (Å²) in [6.45, 7) is 3.26. The van der Waals surface area contributed by atoms with Gasteiger partial charge in [0.2, 0.25) is 0 Å². The van der Waals surface area contributed by atoms with Crippen molar-refractivity contribution in [2.45, 2.75) is 44.1 Å². The molecule has 3 heterocycles. The Morgan fingerprint density at radius 2 is 2.06 bits per heavy atom. The molecule has 1 unspecified atom stereocenters. The third-order valence-electron chi connectivity index (χ3n) is 6.21. The normalized spacial score (nSPS) is 21.1. The molecule has 5 rings (SSSR count). The highest BCUT2D eigenvalue weighted by atomic mass is 32.2. The molecule has 3 fully saturated rings. The van der Waals surface area contributed by atoms with Crippen LogP contribution in [-0.4, -0.2) is 57.3 Å². The van der Waals surface area contributed by atoms with Crippen molar-refractivity contribution in [3.8, 4) is 5.75 Å². The number of carbonyl (C=O) groups is 1. The van der Waals surface area contributed by atoms with Crippen LogP contribution in [0.1, 0.15) is 53.9 Å². The summed E-state index contributed by atoms with van der Waals surface area (Å²) in [5.41, 5.74) is 3.09. The van der Waals surface area contributed by atoms with Gasteiger partial charge in [-0.25, -0.2) is 13.7 Å². The highest BCUT2D eigenvalue weighted by Gasteiger charge is 2.32. The molecule has 176 valence electrons. The summed E-state index contributed by atoms with van der Waals surface area (Å²) in [6, 6.07) is 8.75. The number of hydrogen-bond acceptors (Lipinski definition) is 8. The Hall–Kier alpha value is -2.40. The molecule has 0 bridgehead atoms. The summed E-state index contributed by atoms with van der Waals surface area (Å²) < 4.78 is 23.8. The first kappa shape index (κ1) is 22.4. The summed E-state index contributed by atoms with van der Waals surface area (Å²) in [7, 11) is 0. The minimum atomic E-state index is -0.685. The minimum absolute atomic E-state index is 0.0850. The van der Waals surface area contributed by atoms with Crippen LogP contribution in [0.25, 0.3) is 0 Å². The van der Waals surface area contributed by atoms with Crippen LogP contribution in [0.2, 0.25) is 0 Å². The van der Waals surface area contributed by atoms with Crippen molar-refractivity contribution in [1.29, 1.82) is 0 Å². The molecule has 8 nitrogen and oxygen atoms in total. The third kappa shape index (κ3) is 5.40. The van der Waals surface area contributed by atoms with Crippen LogP contribution < -0.4 is 15.1 Å². The highest BCUT2D eigenvalue weighted by Crippen LogP contribution is 2.45. The number of ether oxygens (including phenoxy) is 1. The molecule has 1 saturated carbocycles. The van der Waals surface area contributed by atoms with Crippen molar-refractivity contribution in [2.75, 3.05) is 31.1 Å². The van der Waals surface area contributed by atoms with E-state index in [1.54, 1.807) is 12.3 Å². The van der Waals surface area contributed by atoms with E-state index < -0.39 is 11.7 Å². The van der Waals surface area contributed by atoms with E-state index in [9.17, 15) is 14.4 Å². The van der Waals surface area contributed by atoms with Crippen molar-refractivity contribution in [1.82, 2.24) is 19.3 Å². The average molecular weight is 474 g/mol. The van der Waals surface area contributed by atoms with E-state index in [2.05, 4.69) is 15.3 Å². The predicted molar refractivity (Wildman–Crippen MR) is 123 cm³/mol. The van der Waals surface area contributed by atoms with Crippen LogP contribution in [0.15, 0.2) is 36.5 Å². The molecule has 3 aliphatic rings. The van der Waals surface area contributed by atoms with Crippen molar-refractivity contribution in [3.63, 3.8) is 0 Å². The first-order chi connectivity index (χ1) is 16.1. The highest BCUT2D eigenvalue weighted by molar-refractivity contribution is 7.94. The molecule has 1 aromatic heterocycles. The Morgan fingerprint density at radius 1 is 1.21 bits per heavy atom. The van der Waals surface area contributed by atoms with Gasteiger partial charge in [-0.3, -0.25) is 15.4 Å². The monoisotopic (exact) mass is 473 g/mol. The second-order valence-electron chi connectivity index (χ2n) is 8.74. The minimum Gasteiger partial charge on any atom is -0.488 e. The Bertz CT molecular complexity index is 990. The molecule has 2 aromatic rings. The van der Waals surface area contributed by atoms with Crippen molar-refractivity contribution >= 4 is 23.9 Å². The van der Waals surface area contributed by atoms with Crippen LogP contribution in [0.4, 0.5) is 10.2 Å². The number of benzene rings is 1. The number of nitrogens with zero attached hydrogens (tertiary/aromatic N) is 4.